The number of hydrogen-bond donors (Lipinski definition) is 2. The first kappa shape index (κ1) is 14.5. The Morgan fingerprint density at radius 2 is 2.10 bits per heavy atom. The molecule has 0 aliphatic carbocycles. The van der Waals surface area contributed by atoms with E-state index in [-0.39, 0.29) is 5.91 Å². The van der Waals surface area contributed by atoms with Crippen LogP contribution in [0.1, 0.15) is 18.4 Å². The van der Waals surface area contributed by atoms with Crippen molar-refractivity contribution in [1.82, 2.24) is 5.43 Å². The molecule has 0 fully saturated rings. The Bertz CT molecular complexity index is 528. The van der Waals surface area contributed by atoms with Gasteiger partial charge < -0.3 is 4.74 Å². The number of alkyl halides is 1. The maximum atomic E-state index is 11.4. The molecule has 2 rings (SSSR count). The normalized spacial score (nSPS) is 14.2. The quantitative estimate of drug-likeness (QED) is 0.825. The monoisotopic (exact) mass is 339 g/mol. The third-order valence-corrected chi connectivity index (χ3v) is 3.00. The van der Waals surface area contributed by atoms with Crippen molar-refractivity contribution in [3.63, 3.8) is 0 Å². The Morgan fingerprint density at radius 3 is 2.70 bits per heavy atom. The van der Waals surface area contributed by atoms with Gasteiger partial charge in [0, 0.05) is 23.9 Å². The second-order valence-electron chi connectivity index (χ2n) is 4.12. The van der Waals surface area contributed by atoms with Crippen LogP contribution in [-0.4, -0.2) is 29.6 Å². The number of ether oxygens (including phenoxy) is 1. The molecule has 0 radical (unpaired) electrons. The number of rotatable bonds is 4. The summed E-state index contributed by atoms with van der Waals surface area (Å²) in [6.07, 6.45) is 0.573. The van der Waals surface area contributed by atoms with Gasteiger partial charge in [-0.25, -0.2) is 10.2 Å². The molecule has 0 unspecified atom stereocenters. The molecular weight excluding hydrogens is 326 g/mol. The molecule has 0 saturated heterocycles. The molecule has 1 aromatic carbocycles. The molecule has 1 aliphatic rings. The third kappa shape index (κ3) is 4.06. The number of benzene rings is 1. The van der Waals surface area contributed by atoms with Gasteiger partial charge in [-0.3, -0.25) is 10.1 Å². The van der Waals surface area contributed by atoms with Gasteiger partial charge in [0.15, 0.2) is 0 Å². The Balaban J connectivity index is 1.96. The fourth-order valence-corrected chi connectivity index (χ4v) is 1.88. The van der Waals surface area contributed by atoms with Crippen LogP contribution in [0.5, 0.6) is 0 Å². The average Bonchev–Trinajstić information content (AvgIpc) is 2.47. The highest BCUT2D eigenvalue weighted by atomic mass is 79.9. The van der Waals surface area contributed by atoms with E-state index in [2.05, 4.69) is 31.8 Å². The number of hydrogen-bond acceptors (Lipinski definition) is 4. The smallest absolute Gasteiger partial charge is 0.411 e. The summed E-state index contributed by atoms with van der Waals surface area (Å²) in [5, 5.41) is 7.24. The molecule has 1 aromatic rings. The van der Waals surface area contributed by atoms with Crippen LogP contribution in [-0.2, 0) is 9.53 Å². The third-order valence-electron chi connectivity index (χ3n) is 2.68. The van der Waals surface area contributed by atoms with Crippen LogP contribution in [0.3, 0.4) is 0 Å². The van der Waals surface area contributed by atoms with Gasteiger partial charge in [0.25, 0.3) is 0 Å². The Hall–Kier alpha value is -1.89. The van der Waals surface area contributed by atoms with Gasteiger partial charge >= 0.3 is 6.09 Å². The summed E-state index contributed by atoms with van der Waals surface area (Å²) < 4.78 is 4.89. The van der Waals surface area contributed by atoms with E-state index in [1.165, 1.54) is 0 Å². The van der Waals surface area contributed by atoms with Crippen LogP contribution in [0.4, 0.5) is 10.5 Å². The molecule has 0 spiro atoms. The van der Waals surface area contributed by atoms with E-state index in [9.17, 15) is 9.59 Å². The molecule has 0 saturated carbocycles. The summed E-state index contributed by atoms with van der Waals surface area (Å²) in [6, 6.07) is 7.22. The van der Waals surface area contributed by atoms with Crippen LogP contribution in [0.25, 0.3) is 0 Å². The SMILES string of the molecule is O=C1CCC(c2ccc(NC(=O)OCCBr)cc2)=NN1. The average molecular weight is 340 g/mol. The summed E-state index contributed by atoms with van der Waals surface area (Å²) in [5.41, 5.74) is 4.85. The first-order valence-corrected chi connectivity index (χ1v) is 7.27. The van der Waals surface area contributed by atoms with Crippen molar-refractivity contribution in [1.29, 1.82) is 0 Å². The van der Waals surface area contributed by atoms with Crippen molar-refractivity contribution >= 4 is 39.3 Å². The van der Waals surface area contributed by atoms with Crippen molar-refractivity contribution in [3.05, 3.63) is 29.8 Å². The van der Waals surface area contributed by atoms with Crippen LogP contribution < -0.4 is 10.7 Å². The van der Waals surface area contributed by atoms with E-state index in [4.69, 9.17) is 4.74 Å². The predicted molar refractivity (Wildman–Crippen MR) is 79.1 cm³/mol. The summed E-state index contributed by atoms with van der Waals surface area (Å²) in [6.45, 7) is 0.320. The number of hydrazone groups is 1. The van der Waals surface area contributed by atoms with E-state index >= 15 is 0 Å². The molecule has 6 nitrogen and oxygen atoms in total. The van der Waals surface area contributed by atoms with Gasteiger partial charge in [0.05, 0.1) is 5.71 Å². The minimum atomic E-state index is -0.487. The highest BCUT2D eigenvalue weighted by Crippen LogP contribution is 2.14. The Kier molecular flexibility index (Phi) is 5.11. The molecular formula is C13H14BrN3O3. The first-order valence-electron chi connectivity index (χ1n) is 6.14. The van der Waals surface area contributed by atoms with Crippen LogP contribution >= 0.6 is 15.9 Å². The number of nitrogens with zero attached hydrogens (tertiary/aromatic N) is 1. The largest absolute Gasteiger partial charge is 0.448 e. The van der Waals surface area contributed by atoms with Gasteiger partial charge in [0.2, 0.25) is 5.91 Å². The molecule has 7 heteroatoms. The molecule has 2 N–H and O–H groups in total. The van der Waals surface area contributed by atoms with Crippen molar-refractivity contribution in [2.75, 3.05) is 17.3 Å². The predicted octanol–water partition coefficient (Wildman–Crippen LogP) is 2.24. The number of nitrogens with one attached hydrogen (secondary N) is 2. The lowest BCUT2D eigenvalue weighted by Gasteiger charge is -2.12. The van der Waals surface area contributed by atoms with E-state index < -0.39 is 6.09 Å². The lowest BCUT2D eigenvalue weighted by atomic mass is 10.0. The lowest BCUT2D eigenvalue weighted by Crippen LogP contribution is -2.25. The van der Waals surface area contributed by atoms with Crippen LogP contribution in [0, 0.1) is 0 Å². The maximum absolute atomic E-state index is 11.4. The van der Waals surface area contributed by atoms with Crippen molar-refractivity contribution in [3.8, 4) is 0 Å². The zero-order chi connectivity index (χ0) is 14.4. The molecule has 20 heavy (non-hydrogen) atoms. The molecule has 1 aliphatic heterocycles. The summed E-state index contributed by atoms with van der Waals surface area (Å²) in [5.74, 6) is -0.0680. The molecule has 2 amide bonds. The van der Waals surface area contributed by atoms with Crippen molar-refractivity contribution in [2.45, 2.75) is 12.8 Å². The molecule has 0 aromatic heterocycles. The Labute approximate surface area is 124 Å². The van der Waals surface area contributed by atoms with Gasteiger partial charge in [-0.15, -0.1) is 0 Å². The van der Waals surface area contributed by atoms with Gasteiger partial charge in [-0.05, 0) is 17.7 Å². The molecule has 1 heterocycles. The number of halogens is 1. The van der Waals surface area contributed by atoms with E-state index in [1.807, 2.05) is 12.1 Å². The van der Waals surface area contributed by atoms with Crippen molar-refractivity contribution < 1.29 is 14.3 Å². The maximum Gasteiger partial charge on any atom is 0.411 e. The highest BCUT2D eigenvalue weighted by molar-refractivity contribution is 9.09. The van der Waals surface area contributed by atoms with E-state index in [0.29, 0.717) is 30.5 Å². The number of carbonyl (C=O) groups excluding carboxylic acids is 2. The van der Waals surface area contributed by atoms with Gasteiger partial charge in [-0.1, -0.05) is 28.1 Å². The van der Waals surface area contributed by atoms with Gasteiger partial charge in [0.1, 0.15) is 6.61 Å². The van der Waals surface area contributed by atoms with Crippen molar-refractivity contribution in [2.24, 2.45) is 5.10 Å². The van der Waals surface area contributed by atoms with Crippen LogP contribution in [0.15, 0.2) is 29.4 Å². The molecule has 106 valence electrons. The zero-order valence-corrected chi connectivity index (χ0v) is 12.3. The summed E-state index contributed by atoms with van der Waals surface area (Å²) >= 11 is 3.17. The number of anilines is 1. The molecule has 0 atom stereocenters. The summed E-state index contributed by atoms with van der Waals surface area (Å²) in [7, 11) is 0. The second kappa shape index (κ2) is 7.04. The minimum absolute atomic E-state index is 0.0680. The standard InChI is InChI=1S/C13H14BrN3O3/c14-7-8-20-13(19)15-10-3-1-9(2-4-10)11-5-6-12(18)17-16-11/h1-4H,5-8H2,(H,15,19)(H,17,18). The lowest BCUT2D eigenvalue weighted by molar-refractivity contribution is -0.121. The summed E-state index contributed by atoms with van der Waals surface area (Å²) in [4.78, 5) is 22.4. The highest BCUT2D eigenvalue weighted by Gasteiger charge is 2.13. The van der Waals surface area contributed by atoms with Gasteiger partial charge in [-0.2, -0.15) is 5.10 Å². The zero-order valence-electron chi connectivity index (χ0n) is 10.7. The van der Waals surface area contributed by atoms with E-state index in [1.54, 1.807) is 12.1 Å². The second-order valence-corrected chi connectivity index (χ2v) is 4.91. The Morgan fingerprint density at radius 1 is 1.35 bits per heavy atom. The number of carbonyl (C=O) groups is 2. The first-order chi connectivity index (χ1) is 9.69. The number of amides is 2. The topological polar surface area (TPSA) is 79.8 Å². The fourth-order valence-electron chi connectivity index (χ4n) is 1.71. The fraction of sp³-hybridized carbons (Fsp3) is 0.308. The molecule has 0 bridgehead atoms. The minimum Gasteiger partial charge on any atom is -0.448 e. The van der Waals surface area contributed by atoms with Crippen LogP contribution in [0.2, 0.25) is 0 Å². The van der Waals surface area contributed by atoms with E-state index in [0.717, 1.165) is 11.3 Å².